The molecule has 2 atom stereocenters. The van der Waals surface area contributed by atoms with Gasteiger partial charge in [-0.2, -0.15) is 0 Å². The zero-order valence-corrected chi connectivity index (χ0v) is 14.5. The summed E-state index contributed by atoms with van der Waals surface area (Å²) in [4.78, 5) is 17.0. The molecule has 0 aromatic heterocycles. The Kier molecular flexibility index (Phi) is 7.12. The molecule has 0 aliphatic carbocycles. The molecule has 0 aromatic rings. The Hall–Kier alpha value is -0.650. The quantitative estimate of drug-likeness (QED) is 0.770. The third-order valence-electron chi connectivity index (χ3n) is 5.00. The number of likely N-dealkylation sites (N-methyl/N-ethyl adjacent to an activating group) is 1. The number of carbonyl (C=O) groups excluding carboxylic acids is 1. The fourth-order valence-electron chi connectivity index (χ4n) is 3.41. The molecule has 2 aliphatic heterocycles. The van der Waals surface area contributed by atoms with Gasteiger partial charge in [0.15, 0.2) is 0 Å². The van der Waals surface area contributed by atoms with Crippen molar-refractivity contribution < 1.29 is 9.53 Å². The maximum atomic E-state index is 12.1. The zero-order valence-electron chi connectivity index (χ0n) is 14.5. The maximum absolute atomic E-state index is 12.1. The highest BCUT2D eigenvalue weighted by molar-refractivity contribution is 5.75. The predicted octanol–water partition coefficient (Wildman–Crippen LogP) is 1.33. The van der Waals surface area contributed by atoms with Gasteiger partial charge in [0.2, 0.25) is 5.91 Å². The lowest BCUT2D eigenvalue weighted by Crippen LogP contribution is -2.54. The maximum Gasteiger partial charge on any atom is 0.220 e. The summed E-state index contributed by atoms with van der Waals surface area (Å²) in [5.74, 6) is 0.733. The summed E-state index contributed by atoms with van der Waals surface area (Å²) in [6, 6.07) is 0.445. The molecule has 2 heterocycles. The van der Waals surface area contributed by atoms with Gasteiger partial charge in [-0.1, -0.05) is 13.8 Å². The van der Waals surface area contributed by atoms with E-state index in [1.807, 2.05) is 0 Å². The molecular weight excluding hydrogens is 278 g/mol. The molecule has 0 spiro atoms. The van der Waals surface area contributed by atoms with E-state index >= 15 is 0 Å². The average Bonchev–Trinajstić information content (AvgIpc) is 3.00. The number of ether oxygens (including phenoxy) is 1. The van der Waals surface area contributed by atoms with Crippen LogP contribution in [0.3, 0.4) is 0 Å². The molecule has 2 unspecified atom stereocenters. The van der Waals surface area contributed by atoms with Crippen molar-refractivity contribution in [2.45, 2.75) is 51.7 Å². The molecule has 0 radical (unpaired) electrons. The smallest absolute Gasteiger partial charge is 0.220 e. The summed E-state index contributed by atoms with van der Waals surface area (Å²) in [5.41, 5.74) is 0. The molecule has 1 amide bonds. The Morgan fingerprint density at radius 3 is 2.59 bits per heavy atom. The van der Waals surface area contributed by atoms with Gasteiger partial charge in [-0.3, -0.25) is 9.69 Å². The molecule has 2 aliphatic rings. The van der Waals surface area contributed by atoms with Crippen molar-refractivity contribution in [2.75, 3.05) is 46.4 Å². The van der Waals surface area contributed by atoms with Gasteiger partial charge in [0, 0.05) is 51.8 Å². The second-order valence-electron chi connectivity index (χ2n) is 7.13. The van der Waals surface area contributed by atoms with Crippen LogP contribution in [0.15, 0.2) is 0 Å². The Labute approximate surface area is 135 Å². The van der Waals surface area contributed by atoms with Crippen LogP contribution in [0.2, 0.25) is 0 Å². The van der Waals surface area contributed by atoms with Crippen LogP contribution in [0.25, 0.3) is 0 Å². The highest BCUT2D eigenvalue weighted by atomic mass is 16.5. The molecular formula is C17H33N3O2. The van der Waals surface area contributed by atoms with Crippen molar-refractivity contribution in [2.24, 2.45) is 5.92 Å². The summed E-state index contributed by atoms with van der Waals surface area (Å²) in [6.45, 7) is 10.6. The van der Waals surface area contributed by atoms with E-state index in [0.717, 1.165) is 58.6 Å². The number of nitrogens with one attached hydrogen (secondary N) is 1. The molecule has 5 nitrogen and oxygen atoms in total. The first-order valence-electron chi connectivity index (χ1n) is 8.87. The first-order valence-corrected chi connectivity index (χ1v) is 8.87. The Morgan fingerprint density at radius 1 is 1.27 bits per heavy atom. The lowest BCUT2D eigenvalue weighted by atomic mass is 10.0. The van der Waals surface area contributed by atoms with Gasteiger partial charge in [-0.25, -0.2) is 0 Å². The lowest BCUT2D eigenvalue weighted by molar-refractivity contribution is -0.122. The van der Waals surface area contributed by atoms with Gasteiger partial charge in [-0.05, 0) is 32.2 Å². The molecule has 0 bridgehead atoms. The number of hydrogen-bond acceptors (Lipinski definition) is 4. The second-order valence-corrected chi connectivity index (χ2v) is 7.13. The minimum Gasteiger partial charge on any atom is -0.378 e. The Morgan fingerprint density at radius 2 is 2.00 bits per heavy atom. The van der Waals surface area contributed by atoms with Gasteiger partial charge < -0.3 is 15.0 Å². The van der Waals surface area contributed by atoms with Crippen molar-refractivity contribution in [3.05, 3.63) is 0 Å². The van der Waals surface area contributed by atoms with E-state index < -0.39 is 0 Å². The summed E-state index contributed by atoms with van der Waals surface area (Å²) < 4.78 is 5.58. The van der Waals surface area contributed by atoms with E-state index in [1.54, 1.807) is 0 Å². The number of piperazine rings is 1. The molecule has 5 heteroatoms. The monoisotopic (exact) mass is 311 g/mol. The lowest BCUT2D eigenvalue weighted by Gasteiger charge is -2.40. The van der Waals surface area contributed by atoms with Crippen molar-refractivity contribution in [1.29, 1.82) is 0 Å². The highest BCUT2D eigenvalue weighted by Gasteiger charge is 2.25. The standard InChI is InChI=1S/C17H33N3O2/c1-14(2)16(20-10-8-19(3)9-11-20)13-18-17(21)7-6-15-5-4-12-22-15/h14-16H,4-13H2,1-3H3,(H,18,21). The zero-order chi connectivity index (χ0) is 15.9. The normalized spacial score (nSPS) is 25.5. The predicted molar refractivity (Wildman–Crippen MR) is 88.9 cm³/mol. The molecule has 0 saturated carbocycles. The van der Waals surface area contributed by atoms with Crippen LogP contribution in [0.5, 0.6) is 0 Å². The van der Waals surface area contributed by atoms with Crippen LogP contribution in [-0.2, 0) is 9.53 Å². The fraction of sp³-hybridized carbons (Fsp3) is 0.941. The molecule has 1 N–H and O–H groups in total. The van der Waals surface area contributed by atoms with Gasteiger partial charge in [0.1, 0.15) is 0 Å². The summed E-state index contributed by atoms with van der Waals surface area (Å²) in [5, 5.41) is 3.15. The van der Waals surface area contributed by atoms with Gasteiger partial charge in [0.05, 0.1) is 6.10 Å². The van der Waals surface area contributed by atoms with Crippen LogP contribution < -0.4 is 5.32 Å². The largest absolute Gasteiger partial charge is 0.378 e. The van der Waals surface area contributed by atoms with Crippen LogP contribution >= 0.6 is 0 Å². The average molecular weight is 311 g/mol. The molecule has 2 saturated heterocycles. The van der Waals surface area contributed by atoms with Crippen LogP contribution in [0, 0.1) is 5.92 Å². The first-order chi connectivity index (χ1) is 10.6. The number of nitrogens with zero attached hydrogens (tertiary/aromatic N) is 2. The fourth-order valence-corrected chi connectivity index (χ4v) is 3.41. The third-order valence-corrected chi connectivity index (χ3v) is 5.00. The molecule has 22 heavy (non-hydrogen) atoms. The second kappa shape index (κ2) is 8.85. The van der Waals surface area contributed by atoms with E-state index in [0.29, 0.717) is 24.5 Å². The van der Waals surface area contributed by atoms with Crippen molar-refractivity contribution in [3.63, 3.8) is 0 Å². The SMILES string of the molecule is CC(C)C(CNC(=O)CCC1CCCO1)N1CCN(C)CC1. The van der Waals surface area contributed by atoms with E-state index in [-0.39, 0.29) is 5.91 Å². The number of carbonyl (C=O) groups is 1. The van der Waals surface area contributed by atoms with Crippen molar-refractivity contribution in [3.8, 4) is 0 Å². The van der Waals surface area contributed by atoms with E-state index in [1.165, 1.54) is 0 Å². The molecule has 128 valence electrons. The molecule has 2 fully saturated rings. The highest BCUT2D eigenvalue weighted by Crippen LogP contribution is 2.17. The van der Waals surface area contributed by atoms with Crippen molar-refractivity contribution in [1.82, 2.24) is 15.1 Å². The summed E-state index contributed by atoms with van der Waals surface area (Å²) >= 11 is 0. The van der Waals surface area contributed by atoms with Crippen LogP contribution in [0.1, 0.15) is 39.5 Å². The van der Waals surface area contributed by atoms with E-state index in [2.05, 4.69) is 36.0 Å². The van der Waals surface area contributed by atoms with Gasteiger partial charge in [-0.15, -0.1) is 0 Å². The van der Waals surface area contributed by atoms with Gasteiger partial charge >= 0.3 is 0 Å². The topological polar surface area (TPSA) is 44.8 Å². The Balaban J connectivity index is 1.70. The molecule has 0 aromatic carbocycles. The van der Waals surface area contributed by atoms with E-state index in [9.17, 15) is 4.79 Å². The van der Waals surface area contributed by atoms with Crippen molar-refractivity contribution >= 4 is 5.91 Å². The Bertz CT molecular complexity index is 335. The van der Waals surface area contributed by atoms with E-state index in [4.69, 9.17) is 4.74 Å². The minimum absolute atomic E-state index is 0.176. The number of hydrogen-bond donors (Lipinski definition) is 1. The third kappa shape index (κ3) is 5.52. The molecule has 2 rings (SSSR count). The van der Waals surface area contributed by atoms with Gasteiger partial charge in [0.25, 0.3) is 0 Å². The number of rotatable bonds is 7. The van der Waals surface area contributed by atoms with Crippen LogP contribution in [0.4, 0.5) is 0 Å². The minimum atomic E-state index is 0.176. The number of amides is 1. The first kappa shape index (κ1) is 17.7. The van der Waals surface area contributed by atoms with Crippen LogP contribution in [-0.4, -0.2) is 74.2 Å². The summed E-state index contributed by atoms with van der Waals surface area (Å²) in [6.07, 6.45) is 4.03. The summed E-state index contributed by atoms with van der Waals surface area (Å²) in [7, 11) is 2.18.